The topological polar surface area (TPSA) is 50.1 Å². The third-order valence-corrected chi connectivity index (χ3v) is 2.74. The van der Waals surface area contributed by atoms with Crippen LogP contribution in [0, 0.1) is 11.6 Å². The number of halogens is 2. The van der Waals surface area contributed by atoms with Crippen LogP contribution in [0.5, 0.6) is 0 Å². The van der Waals surface area contributed by atoms with E-state index in [1.54, 1.807) is 12.3 Å². The first kappa shape index (κ1) is 14.3. The summed E-state index contributed by atoms with van der Waals surface area (Å²) in [6.07, 6.45) is 2.17. The first-order valence-electron chi connectivity index (χ1n) is 6.49. The minimum Gasteiger partial charge on any atom is -0.469 e. The van der Waals surface area contributed by atoms with Crippen molar-refractivity contribution >= 4 is 11.6 Å². The van der Waals surface area contributed by atoms with Gasteiger partial charge in [-0.1, -0.05) is 0 Å². The van der Waals surface area contributed by atoms with Crippen molar-refractivity contribution in [2.45, 2.75) is 26.3 Å². The maximum atomic E-state index is 13.7. The van der Waals surface area contributed by atoms with E-state index in [1.807, 2.05) is 19.9 Å². The summed E-state index contributed by atoms with van der Waals surface area (Å²) in [5.74, 6) is -0.550. The van der Waals surface area contributed by atoms with Crippen LogP contribution in [0.4, 0.5) is 20.4 Å². The summed E-state index contributed by atoms with van der Waals surface area (Å²) >= 11 is 0. The van der Waals surface area contributed by atoms with E-state index in [9.17, 15) is 8.78 Å². The van der Waals surface area contributed by atoms with Gasteiger partial charge in [0, 0.05) is 25.1 Å². The summed E-state index contributed by atoms with van der Waals surface area (Å²) in [4.78, 5) is 3.93. The van der Waals surface area contributed by atoms with E-state index in [4.69, 9.17) is 4.42 Å². The van der Waals surface area contributed by atoms with Crippen molar-refractivity contribution in [1.29, 1.82) is 0 Å². The highest BCUT2D eigenvalue weighted by molar-refractivity contribution is 5.48. The van der Waals surface area contributed by atoms with Crippen LogP contribution in [0.2, 0.25) is 0 Å². The minimum absolute atomic E-state index is 0.0291. The predicted octanol–water partition coefficient (Wildman–Crippen LogP) is 3.43. The van der Waals surface area contributed by atoms with Crippen molar-refractivity contribution < 1.29 is 13.2 Å². The van der Waals surface area contributed by atoms with E-state index >= 15 is 0 Å². The van der Waals surface area contributed by atoms with Crippen molar-refractivity contribution in [2.75, 3.05) is 17.2 Å². The zero-order valence-corrected chi connectivity index (χ0v) is 11.4. The van der Waals surface area contributed by atoms with Crippen LogP contribution in [-0.4, -0.2) is 17.6 Å². The standard InChI is InChI=1S/C14H17F2N3O/c1-3-17-13-11(15)8-12(16)14(19-13)18-9(2)7-10-5-4-6-20-10/h4-6,8-9H,3,7H2,1-2H3,(H2,17,18,19). The highest BCUT2D eigenvalue weighted by atomic mass is 19.1. The number of hydrogen-bond acceptors (Lipinski definition) is 4. The Balaban J connectivity index is 2.09. The SMILES string of the molecule is CCNc1nc(NC(C)Cc2ccco2)c(F)cc1F. The lowest BCUT2D eigenvalue weighted by molar-refractivity contribution is 0.496. The lowest BCUT2D eigenvalue weighted by atomic mass is 10.2. The van der Waals surface area contributed by atoms with Crippen LogP contribution in [0.3, 0.4) is 0 Å². The molecule has 2 rings (SSSR count). The summed E-state index contributed by atoms with van der Waals surface area (Å²) in [6, 6.07) is 4.37. The van der Waals surface area contributed by atoms with Gasteiger partial charge in [0.2, 0.25) is 0 Å². The molecule has 0 aliphatic rings. The van der Waals surface area contributed by atoms with Crippen molar-refractivity contribution in [3.8, 4) is 0 Å². The molecule has 1 atom stereocenters. The number of nitrogens with one attached hydrogen (secondary N) is 2. The summed E-state index contributed by atoms with van der Waals surface area (Å²) in [5, 5.41) is 5.67. The van der Waals surface area contributed by atoms with Gasteiger partial charge in [-0.05, 0) is 26.0 Å². The normalized spacial score (nSPS) is 12.2. The Morgan fingerprint density at radius 3 is 2.70 bits per heavy atom. The Labute approximate surface area is 116 Å². The molecule has 0 saturated heterocycles. The Morgan fingerprint density at radius 2 is 2.05 bits per heavy atom. The maximum Gasteiger partial charge on any atom is 0.168 e. The molecule has 0 radical (unpaired) electrons. The number of nitrogens with zero attached hydrogens (tertiary/aromatic N) is 1. The van der Waals surface area contributed by atoms with Crippen molar-refractivity contribution in [2.24, 2.45) is 0 Å². The van der Waals surface area contributed by atoms with E-state index in [2.05, 4.69) is 15.6 Å². The second-order valence-corrected chi connectivity index (χ2v) is 4.51. The molecule has 2 heterocycles. The molecule has 0 bridgehead atoms. The molecule has 0 aromatic carbocycles. The summed E-state index contributed by atoms with van der Waals surface area (Å²) in [6.45, 7) is 4.20. The quantitative estimate of drug-likeness (QED) is 0.851. The van der Waals surface area contributed by atoms with Crippen LogP contribution in [0.1, 0.15) is 19.6 Å². The molecule has 0 fully saturated rings. The number of pyridine rings is 1. The van der Waals surface area contributed by atoms with E-state index < -0.39 is 11.6 Å². The Morgan fingerprint density at radius 1 is 1.30 bits per heavy atom. The third-order valence-electron chi connectivity index (χ3n) is 2.74. The first-order valence-corrected chi connectivity index (χ1v) is 6.49. The van der Waals surface area contributed by atoms with Gasteiger partial charge in [-0.15, -0.1) is 0 Å². The van der Waals surface area contributed by atoms with Gasteiger partial charge in [-0.3, -0.25) is 0 Å². The molecular formula is C14H17F2N3O. The molecule has 2 aromatic rings. The number of hydrogen-bond donors (Lipinski definition) is 2. The molecule has 108 valence electrons. The molecule has 1 unspecified atom stereocenters. The Kier molecular flexibility index (Phi) is 4.55. The molecule has 20 heavy (non-hydrogen) atoms. The fourth-order valence-corrected chi connectivity index (χ4v) is 1.87. The van der Waals surface area contributed by atoms with Crippen molar-refractivity contribution in [1.82, 2.24) is 4.98 Å². The second-order valence-electron chi connectivity index (χ2n) is 4.51. The van der Waals surface area contributed by atoms with Crippen LogP contribution >= 0.6 is 0 Å². The second kappa shape index (κ2) is 6.36. The lowest BCUT2D eigenvalue weighted by Crippen LogP contribution is -2.20. The fourth-order valence-electron chi connectivity index (χ4n) is 1.87. The van der Waals surface area contributed by atoms with Gasteiger partial charge >= 0.3 is 0 Å². The van der Waals surface area contributed by atoms with E-state index in [0.717, 1.165) is 11.8 Å². The van der Waals surface area contributed by atoms with E-state index in [1.165, 1.54) is 0 Å². The number of aromatic nitrogens is 1. The van der Waals surface area contributed by atoms with Gasteiger partial charge < -0.3 is 15.1 Å². The van der Waals surface area contributed by atoms with Crippen LogP contribution in [0.25, 0.3) is 0 Å². The lowest BCUT2D eigenvalue weighted by Gasteiger charge is -2.15. The Bertz CT molecular complexity index is 558. The van der Waals surface area contributed by atoms with Gasteiger partial charge in [-0.25, -0.2) is 13.8 Å². The largest absolute Gasteiger partial charge is 0.469 e. The highest BCUT2D eigenvalue weighted by Crippen LogP contribution is 2.20. The maximum absolute atomic E-state index is 13.7. The van der Waals surface area contributed by atoms with Gasteiger partial charge in [0.25, 0.3) is 0 Å². The molecule has 0 spiro atoms. The van der Waals surface area contributed by atoms with Gasteiger partial charge in [0.15, 0.2) is 23.3 Å². The van der Waals surface area contributed by atoms with E-state index in [0.29, 0.717) is 13.0 Å². The zero-order chi connectivity index (χ0) is 14.5. The van der Waals surface area contributed by atoms with Crippen LogP contribution < -0.4 is 10.6 Å². The molecule has 0 saturated carbocycles. The number of furan rings is 1. The van der Waals surface area contributed by atoms with Gasteiger partial charge in [0.1, 0.15) is 5.76 Å². The number of anilines is 2. The van der Waals surface area contributed by atoms with Gasteiger partial charge in [-0.2, -0.15) is 0 Å². The average Bonchev–Trinajstić information content (AvgIpc) is 2.88. The average molecular weight is 281 g/mol. The number of rotatable bonds is 6. The van der Waals surface area contributed by atoms with Crippen molar-refractivity contribution in [3.63, 3.8) is 0 Å². The fraction of sp³-hybridized carbons (Fsp3) is 0.357. The molecule has 6 heteroatoms. The van der Waals surface area contributed by atoms with E-state index in [-0.39, 0.29) is 17.7 Å². The summed E-state index contributed by atoms with van der Waals surface area (Å²) in [7, 11) is 0. The third kappa shape index (κ3) is 3.46. The first-order chi connectivity index (χ1) is 9.60. The smallest absolute Gasteiger partial charge is 0.168 e. The predicted molar refractivity (Wildman–Crippen MR) is 73.8 cm³/mol. The van der Waals surface area contributed by atoms with Crippen LogP contribution in [-0.2, 0) is 6.42 Å². The molecule has 0 aliphatic carbocycles. The molecule has 2 N–H and O–H groups in total. The minimum atomic E-state index is -0.713. The summed E-state index contributed by atoms with van der Waals surface area (Å²) in [5.41, 5.74) is 0. The molecule has 0 aliphatic heterocycles. The van der Waals surface area contributed by atoms with Crippen molar-refractivity contribution in [3.05, 3.63) is 41.9 Å². The summed E-state index contributed by atoms with van der Waals surface area (Å²) < 4.78 is 32.4. The molecular weight excluding hydrogens is 264 g/mol. The monoisotopic (exact) mass is 281 g/mol. The Hall–Kier alpha value is -2.11. The van der Waals surface area contributed by atoms with Crippen LogP contribution in [0.15, 0.2) is 28.9 Å². The molecule has 0 amide bonds. The molecule has 2 aromatic heterocycles. The highest BCUT2D eigenvalue weighted by Gasteiger charge is 2.14. The van der Waals surface area contributed by atoms with Gasteiger partial charge in [0.05, 0.1) is 6.26 Å². The zero-order valence-electron chi connectivity index (χ0n) is 11.4. The molecule has 4 nitrogen and oxygen atoms in total.